The molecule has 27 heavy (non-hydrogen) atoms. The number of aliphatic hydroxyl groups is 1. The Morgan fingerprint density at radius 1 is 1.11 bits per heavy atom. The van der Waals surface area contributed by atoms with Gasteiger partial charge in [0, 0.05) is 17.1 Å². The Kier molecular flexibility index (Phi) is 4.13. The first-order valence-electron chi connectivity index (χ1n) is 11.0. The van der Waals surface area contributed by atoms with Gasteiger partial charge in [-0.2, -0.15) is 11.8 Å². The van der Waals surface area contributed by atoms with Gasteiger partial charge in [0.05, 0.1) is 6.10 Å². The van der Waals surface area contributed by atoms with Crippen molar-refractivity contribution in [3.63, 3.8) is 0 Å². The van der Waals surface area contributed by atoms with Crippen LogP contribution in [0.4, 0.5) is 0 Å². The molecule has 5 rings (SSSR count). The molecule has 150 valence electrons. The molecule has 1 aliphatic heterocycles. The highest BCUT2D eigenvalue weighted by Gasteiger charge is 2.68. The Morgan fingerprint density at radius 3 is 2.59 bits per heavy atom. The average molecular weight is 391 g/mol. The first kappa shape index (κ1) is 18.5. The largest absolute Gasteiger partial charge is 0.458 e. The van der Waals surface area contributed by atoms with Crippen molar-refractivity contribution in [2.24, 2.45) is 28.6 Å². The summed E-state index contributed by atoms with van der Waals surface area (Å²) in [4.78, 5) is 12.0. The molecular formula is C23H34O3S. The monoisotopic (exact) mass is 390 g/mol. The molecule has 1 saturated heterocycles. The van der Waals surface area contributed by atoms with Crippen molar-refractivity contribution in [3.8, 4) is 0 Å². The fourth-order valence-electron chi connectivity index (χ4n) is 8.19. The van der Waals surface area contributed by atoms with Crippen LogP contribution in [0.1, 0.15) is 71.6 Å². The van der Waals surface area contributed by atoms with Crippen molar-refractivity contribution in [1.82, 2.24) is 0 Å². The normalized spacial score (nSPS) is 54.1. The van der Waals surface area contributed by atoms with E-state index >= 15 is 0 Å². The fourth-order valence-corrected chi connectivity index (χ4v) is 9.23. The van der Waals surface area contributed by atoms with E-state index in [1.54, 1.807) is 0 Å². The van der Waals surface area contributed by atoms with Gasteiger partial charge in [-0.25, -0.2) is 0 Å². The number of carbonyl (C=O) groups is 1. The molecule has 1 N–H and O–H groups in total. The van der Waals surface area contributed by atoms with Crippen LogP contribution in [0.15, 0.2) is 11.6 Å². The average Bonchev–Trinajstić information content (AvgIpc) is 3.16. The van der Waals surface area contributed by atoms with Gasteiger partial charge in [0.2, 0.25) is 0 Å². The number of hydrogen-bond donors (Lipinski definition) is 1. The second kappa shape index (κ2) is 6.01. The van der Waals surface area contributed by atoms with Gasteiger partial charge in [-0.15, -0.1) is 0 Å². The zero-order valence-electron chi connectivity index (χ0n) is 17.0. The summed E-state index contributed by atoms with van der Waals surface area (Å²) in [5.74, 6) is 2.13. The highest BCUT2D eigenvalue weighted by atomic mass is 32.2. The summed E-state index contributed by atoms with van der Waals surface area (Å²) in [6, 6.07) is 0. The quantitative estimate of drug-likeness (QED) is 0.519. The Bertz CT molecular complexity index is 689. The maximum absolute atomic E-state index is 12.0. The summed E-state index contributed by atoms with van der Waals surface area (Å²) >= 11 is 2.04. The van der Waals surface area contributed by atoms with E-state index < -0.39 is 0 Å². The number of ether oxygens (including phenoxy) is 1. The van der Waals surface area contributed by atoms with E-state index in [0.29, 0.717) is 23.5 Å². The van der Waals surface area contributed by atoms with Crippen molar-refractivity contribution in [2.75, 3.05) is 6.26 Å². The number of hydrogen-bond acceptors (Lipinski definition) is 4. The molecule has 5 aliphatic rings. The summed E-state index contributed by atoms with van der Waals surface area (Å²) in [5.41, 5.74) is 1.77. The van der Waals surface area contributed by atoms with Crippen LogP contribution in [0.5, 0.6) is 0 Å². The first-order chi connectivity index (χ1) is 12.8. The molecule has 3 nitrogen and oxygen atoms in total. The molecule has 0 aromatic carbocycles. The van der Waals surface area contributed by atoms with Crippen LogP contribution in [-0.2, 0) is 9.53 Å². The third-order valence-electron chi connectivity index (χ3n) is 9.72. The van der Waals surface area contributed by atoms with Gasteiger partial charge >= 0.3 is 5.97 Å². The Labute approximate surface area is 167 Å². The predicted octanol–water partition coefficient (Wildman–Crippen LogP) is 4.73. The van der Waals surface area contributed by atoms with Gasteiger partial charge in [0.1, 0.15) is 5.60 Å². The van der Waals surface area contributed by atoms with E-state index in [9.17, 15) is 9.90 Å². The van der Waals surface area contributed by atoms with Gasteiger partial charge in [-0.05, 0) is 80.8 Å². The first-order valence-corrected chi connectivity index (χ1v) is 12.3. The van der Waals surface area contributed by atoms with Crippen molar-refractivity contribution in [1.29, 1.82) is 0 Å². The maximum atomic E-state index is 12.0. The number of carbonyl (C=O) groups excluding carboxylic acids is 1. The molecular weight excluding hydrogens is 356 g/mol. The maximum Gasteiger partial charge on any atom is 0.306 e. The summed E-state index contributed by atoms with van der Waals surface area (Å²) in [7, 11) is 0. The molecule has 0 bridgehead atoms. The molecule has 0 amide bonds. The van der Waals surface area contributed by atoms with Crippen molar-refractivity contribution in [2.45, 2.75) is 88.6 Å². The minimum absolute atomic E-state index is 0.0301. The Hall–Kier alpha value is -0.480. The summed E-state index contributed by atoms with van der Waals surface area (Å²) in [5, 5.41) is 10.9. The van der Waals surface area contributed by atoms with E-state index in [-0.39, 0.29) is 28.5 Å². The van der Waals surface area contributed by atoms with Gasteiger partial charge in [-0.1, -0.05) is 25.5 Å². The molecule has 1 spiro atoms. The standard InChI is InChI=1S/C23H34O3S/c1-21-8-4-15(24)12-14(21)13-18(27-3)20-16(21)5-9-22(2)17(20)6-10-23(22)11-7-19(25)26-23/h12,15-18,20,24H,4-11,13H2,1-3H3/t15-,16?,17?,18?,20?,21?,22?,23?/m1/s1. The van der Waals surface area contributed by atoms with Gasteiger partial charge in [0.15, 0.2) is 0 Å². The summed E-state index contributed by atoms with van der Waals surface area (Å²) in [6.07, 6.45) is 13.7. The summed E-state index contributed by atoms with van der Waals surface area (Å²) in [6.45, 7) is 4.94. The highest BCUT2D eigenvalue weighted by molar-refractivity contribution is 7.99. The van der Waals surface area contributed by atoms with Gasteiger partial charge in [0.25, 0.3) is 0 Å². The third kappa shape index (κ3) is 2.35. The van der Waals surface area contributed by atoms with E-state index in [1.165, 1.54) is 24.8 Å². The zero-order chi connectivity index (χ0) is 19.0. The van der Waals surface area contributed by atoms with Crippen LogP contribution in [0.2, 0.25) is 0 Å². The topological polar surface area (TPSA) is 46.5 Å². The smallest absolute Gasteiger partial charge is 0.306 e. The summed E-state index contributed by atoms with van der Waals surface area (Å²) < 4.78 is 6.09. The molecule has 4 heteroatoms. The van der Waals surface area contributed by atoms with Crippen molar-refractivity contribution >= 4 is 17.7 Å². The van der Waals surface area contributed by atoms with Crippen LogP contribution < -0.4 is 0 Å². The molecule has 1 heterocycles. The fraction of sp³-hybridized carbons (Fsp3) is 0.870. The predicted molar refractivity (Wildman–Crippen MR) is 108 cm³/mol. The number of thioether (sulfide) groups is 1. The minimum atomic E-state index is -0.242. The highest BCUT2D eigenvalue weighted by Crippen LogP contribution is 2.70. The van der Waals surface area contributed by atoms with Crippen LogP contribution in [0.3, 0.4) is 0 Å². The minimum Gasteiger partial charge on any atom is -0.458 e. The molecule has 0 radical (unpaired) electrons. The van der Waals surface area contributed by atoms with Crippen molar-refractivity contribution < 1.29 is 14.6 Å². The molecule has 3 saturated carbocycles. The van der Waals surface area contributed by atoms with Gasteiger partial charge in [-0.3, -0.25) is 4.79 Å². The molecule has 7 unspecified atom stereocenters. The molecule has 4 aliphatic carbocycles. The lowest BCUT2D eigenvalue weighted by atomic mass is 9.46. The number of esters is 1. The van der Waals surface area contributed by atoms with Crippen LogP contribution >= 0.6 is 11.8 Å². The van der Waals surface area contributed by atoms with Crippen LogP contribution in [0, 0.1) is 28.6 Å². The Morgan fingerprint density at radius 2 is 1.89 bits per heavy atom. The Balaban J connectivity index is 1.54. The number of fused-ring (bicyclic) bond motifs is 6. The van der Waals surface area contributed by atoms with E-state index in [0.717, 1.165) is 38.0 Å². The van der Waals surface area contributed by atoms with E-state index in [4.69, 9.17) is 4.74 Å². The number of rotatable bonds is 1. The number of allylic oxidation sites excluding steroid dienone is 1. The van der Waals surface area contributed by atoms with Crippen LogP contribution in [-0.4, -0.2) is 34.3 Å². The van der Waals surface area contributed by atoms with Crippen LogP contribution in [0.25, 0.3) is 0 Å². The molecule has 0 aromatic heterocycles. The van der Waals surface area contributed by atoms with Crippen molar-refractivity contribution in [3.05, 3.63) is 11.6 Å². The second-order valence-corrected chi connectivity index (χ2v) is 11.5. The molecule has 0 aromatic rings. The lowest BCUT2D eigenvalue weighted by Gasteiger charge is -2.61. The second-order valence-electron chi connectivity index (χ2n) is 10.4. The van der Waals surface area contributed by atoms with E-state index in [2.05, 4.69) is 26.2 Å². The van der Waals surface area contributed by atoms with E-state index in [1.807, 2.05) is 11.8 Å². The zero-order valence-corrected chi connectivity index (χ0v) is 17.8. The lowest BCUT2D eigenvalue weighted by molar-refractivity contribution is -0.167. The number of aliphatic hydroxyl groups excluding tert-OH is 1. The molecule has 8 atom stereocenters. The SMILES string of the molecule is CSC1CC2=C[C@H](O)CCC2(C)C2CCC3(C)C(CCC34CCC(=O)O4)C12. The third-order valence-corrected chi connectivity index (χ3v) is 10.8. The lowest BCUT2D eigenvalue weighted by Crippen LogP contribution is -2.57. The molecule has 4 fully saturated rings. The van der Waals surface area contributed by atoms with Gasteiger partial charge < -0.3 is 9.84 Å².